The standard InChI is InChI=1S/C71H59N5O/c1-6-24-51(10-5)60(72-48-50-28-16-13-17-29-50)41-36-49-37-42-64-59(46-49)69-66(76(64)55-32-20-11-12-21-33-55)44-39-57-56-38-43-65-68(70(56)77-71(57)69)58(63(27-9-4)75(65)54-34-22-15-23-35-54)40-45-67-73-61(52(25-7-2)26-8-3)47-62(74-67)53-30-18-14-19-31-53/h6-7,9-20,22-35,37-48H,1,5,8,21,36H2,2-4H3/b25-7-,27-9-,45-40?,51-24+,52-26+,60-41-,72-48?. The van der Waals surface area contributed by atoms with Crippen molar-refractivity contribution in [2.24, 2.45) is 4.99 Å². The Labute approximate surface area is 450 Å². The van der Waals surface area contributed by atoms with Crippen LogP contribution in [-0.2, 0) is 6.42 Å². The molecule has 374 valence electrons. The van der Waals surface area contributed by atoms with Gasteiger partial charge in [0.1, 0.15) is 11.2 Å². The molecule has 0 bridgehead atoms. The number of para-hydroxylation sites is 1. The van der Waals surface area contributed by atoms with Gasteiger partial charge >= 0.3 is 0 Å². The first kappa shape index (κ1) is 49.6. The first-order valence-corrected chi connectivity index (χ1v) is 26.4. The molecule has 10 aromatic rings. The number of rotatable bonds is 16. The lowest BCUT2D eigenvalue weighted by atomic mass is 10.0. The summed E-state index contributed by atoms with van der Waals surface area (Å²) >= 11 is 0. The summed E-state index contributed by atoms with van der Waals surface area (Å²) in [6.45, 7) is 14.4. The van der Waals surface area contributed by atoms with E-state index in [2.05, 4.69) is 230 Å². The van der Waals surface area contributed by atoms with E-state index in [1.54, 1.807) is 6.08 Å². The lowest BCUT2D eigenvalue weighted by molar-refractivity contribution is 0.676. The molecule has 0 fully saturated rings. The van der Waals surface area contributed by atoms with Crippen LogP contribution in [0, 0.1) is 0 Å². The second-order valence-electron chi connectivity index (χ2n) is 18.9. The molecule has 4 aromatic heterocycles. The normalized spacial score (nSPS) is 13.8. The van der Waals surface area contributed by atoms with Gasteiger partial charge in [-0.05, 0) is 134 Å². The summed E-state index contributed by atoms with van der Waals surface area (Å²) < 4.78 is 12.2. The van der Waals surface area contributed by atoms with Crippen LogP contribution in [0.2, 0.25) is 0 Å². The number of allylic oxidation sites excluding steroid dienone is 15. The van der Waals surface area contributed by atoms with Crippen LogP contribution < -0.4 is 0 Å². The average Bonchev–Trinajstić information content (AvgIpc) is 4.21. The van der Waals surface area contributed by atoms with E-state index in [1.165, 1.54) is 0 Å². The molecule has 77 heavy (non-hydrogen) atoms. The first-order chi connectivity index (χ1) is 38.0. The van der Waals surface area contributed by atoms with Gasteiger partial charge in [0.2, 0.25) is 0 Å². The molecule has 0 saturated heterocycles. The maximum absolute atomic E-state index is 7.51. The van der Waals surface area contributed by atoms with Crippen molar-refractivity contribution in [3.05, 3.63) is 277 Å². The van der Waals surface area contributed by atoms with Gasteiger partial charge in [-0.3, -0.25) is 4.99 Å². The zero-order chi connectivity index (χ0) is 52.7. The molecule has 0 atom stereocenters. The molecular weight excluding hydrogens is 939 g/mol. The molecule has 0 N–H and O–H groups in total. The molecule has 11 rings (SSSR count). The summed E-state index contributed by atoms with van der Waals surface area (Å²) in [7, 11) is 0. The highest BCUT2D eigenvalue weighted by atomic mass is 16.3. The number of nitrogens with zero attached hydrogens (tertiary/aromatic N) is 5. The van der Waals surface area contributed by atoms with E-state index in [4.69, 9.17) is 19.4 Å². The van der Waals surface area contributed by atoms with E-state index in [9.17, 15) is 0 Å². The number of aliphatic imine (C=N–C) groups is 1. The molecule has 0 aliphatic heterocycles. The van der Waals surface area contributed by atoms with E-state index in [-0.39, 0.29) is 0 Å². The minimum atomic E-state index is 0.612. The number of hydrogen-bond acceptors (Lipinski definition) is 4. The lowest BCUT2D eigenvalue weighted by Gasteiger charge is -2.09. The second-order valence-corrected chi connectivity index (χ2v) is 18.9. The van der Waals surface area contributed by atoms with Crippen LogP contribution >= 0.6 is 0 Å². The third kappa shape index (κ3) is 9.81. The fourth-order valence-corrected chi connectivity index (χ4v) is 10.5. The number of benzene rings is 6. The summed E-state index contributed by atoms with van der Waals surface area (Å²) in [5, 5.41) is 5.26. The Morgan fingerprint density at radius 1 is 0.701 bits per heavy atom. The molecule has 6 heteroatoms. The SMILES string of the molecule is C=C/C=C(C=C)/C(=C/Cc1ccc2c(c1)c1c3oc4c(ccc5c4c(C=Cc4nc(C(/C=C\C)=C/CC)cc(-c6ccccc6)n4)c(/C=C\C)n5-c4ccccc4)c3ccc1n2C1=CCC=CC=C1)N=Cc1ccccc1. The minimum Gasteiger partial charge on any atom is -0.455 e. The highest BCUT2D eigenvalue weighted by molar-refractivity contribution is 6.27. The van der Waals surface area contributed by atoms with E-state index in [0.717, 1.165) is 135 Å². The minimum absolute atomic E-state index is 0.612. The van der Waals surface area contributed by atoms with Crippen LogP contribution in [0.15, 0.2) is 252 Å². The molecule has 1 aliphatic rings. The van der Waals surface area contributed by atoms with E-state index in [0.29, 0.717) is 12.2 Å². The molecule has 0 amide bonds. The zero-order valence-electron chi connectivity index (χ0n) is 43.8. The summed E-state index contributed by atoms with van der Waals surface area (Å²) in [6.07, 6.45) is 37.8. The monoisotopic (exact) mass is 997 g/mol. The fourth-order valence-electron chi connectivity index (χ4n) is 10.5. The average molecular weight is 998 g/mol. The third-order valence-electron chi connectivity index (χ3n) is 14.0. The van der Waals surface area contributed by atoms with Crippen LogP contribution in [0.25, 0.3) is 101 Å². The molecule has 0 spiro atoms. The van der Waals surface area contributed by atoms with Gasteiger partial charge in [0, 0.05) is 44.9 Å². The van der Waals surface area contributed by atoms with Crippen LogP contribution in [0.5, 0.6) is 0 Å². The smallest absolute Gasteiger partial charge is 0.153 e. The predicted molar refractivity (Wildman–Crippen MR) is 329 cm³/mol. The Bertz CT molecular complexity index is 4210. The van der Waals surface area contributed by atoms with Crippen LogP contribution in [0.4, 0.5) is 0 Å². The molecule has 4 heterocycles. The summed E-state index contributed by atoms with van der Waals surface area (Å²) in [4.78, 5) is 15.4. The van der Waals surface area contributed by atoms with Gasteiger partial charge in [-0.15, -0.1) is 0 Å². The van der Waals surface area contributed by atoms with E-state index < -0.39 is 0 Å². The number of furan rings is 1. The van der Waals surface area contributed by atoms with Crippen molar-refractivity contribution >= 4 is 90.4 Å². The first-order valence-electron chi connectivity index (χ1n) is 26.4. The zero-order valence-corrected chi connectivity index (χ0v) is 43.8. The van der Waals surface area contributed by atoms with Crippen molar-refractivity contribution in [1.82, 2.24) is 19.1 Å². The fraction of sp³-hybridized carbons (Fsp3) is 0.0845. The Kier molecular flexibility index (Phi) is 14.4. The maximum atomic E-state index is 7.51. The van der Waals surface area contributed by atoms with E-state index in [1.807, 2.05) is 49.6 Å². The number of aromatic nitrogens is 4. The number of fused-ring (bicyclic) bond motifs is 9. The highest BCUT2D eigenvalue weighted by Crippen LogP contribution is 2.45. The topological polar surface area (TPSA) is 61.1 Å². The van der Waals surface area contributed by atoms with E-state index >= 15 is 0 Å². The summed E-state index contributed by atoms with van der Waals surface area (Å²) in [6, 6.07) is 48.9. The van der Waals surface area contributed by atoms with Crippen molar-refractivity contribution < 1.29 is 4.42 Å². The molecule has 0 radical (unpaired) electrons. The van der Waals surface area contributed by atoms with Gasteiger partial charge in [0.05, 0.1) is 50.1 Å². The van der Waals surface area contributed by atoms with Crippen LogP contribution in [0.3, 0.4) is 0 Å². The van der Waals surface area contributed by atoms with Crippen molar-refractivity contribution in [1.29, 1.82) is 0 Å². The molecule has 1 aliphatic carbocycles. The Morgan fingerprint density at radius 2 is 1.43 bits per heavy atom. The van der Waals surface area contributed by atoms with Gasteiger partial charge in [0.25, 0.3) is 0 Å². The lowest BCUT2D eigenvalue weighted by Crippen LogP contribution is -1.98. The van der Waals surface area contributed by atoms with Gasteiger partial charge in [0.15, 0.2) is 5.82 Å². The molecule has 0 unspecified atom stereocenters. The number of hydrogen-bond donors (Lipinski definition) is 0. The molecular formula is C71H59N5O. The third-order valence-corrected chi connectivity index (χ3v) is 14.0. The Hall–Kier alpha value is -9.65. The van der Waals surface area contributed by atoms with Crippen LogP contribution in [0.1, 0.15) is 67.5 Å². The van der Waals surface area contributed by atoms with Crippen molar-refractivity contribution in [2.45, 2.75) is 40.0 Å². The molecule has 6 nitrogen and oxygen atoms in total. The Morgan fingerprint density at radius 3 is 2.16 bits per heavy atom. The van der Waals surface area contributed by atoms with Gasteiger partial charge < -0.3 is 13.6 Å². The van der Waals surface area contributed by atoms with Crippen molar-refractivity contribution in [2.75, 3.05) is 0 Å². The highest BCUT2D eigenvalue weighted by Gasteiger charge is 2.24. The van der Waals surface area contributed by atoms with Crippen molar-refractivity contribution in [3.8, 4) is 16.9 Å². The van der Waals surface area contributed by atoms with Gasteiger partial charge in [-0.2, -0.15) is 0 Å². The second kappa shape index (κ2) is 22.4. The van der Waals surface area contributed by atoms with Crippen LogP contribution in [-0.4, -0.2) is 25.3 Å². The Balaban J connectivity index is 1.15. The largest absolute Gasteiger partial charge is 0.455 e. The quantitative estimate of drug-likeness (QED) is 0.0716. The molecule has 0 saturated carbocycles. The summed E-state index contributed by atoms with van der Waals surface area (Å²) in [5.74, 6) is 0.612. The summed E-state index contributed by atoms with van der Waals surface area (Å²) in [5.41, 5.74) is 16.7. The van der Waals surface area contributed by atoms with Gasteiger partial charge in [-0.1, -0.05) is 178 Å². The predicted octanol–water partition coefficient (Wildman–Crippen LogP) is 18.9. The maximum Gasteiger partial charge on any atom is 0.153 e. The molecule has 6 aromatic carbocycles. The van der Waals surface area contributed by atoms with Gasteiger partial charge in [-0.25, -0.2) is 9.97 Å². The van der Waals surface area contributed by atoms with Crippen molar-refractivity contribution in [3.63, 3.8) is 0 Å².